The topological polar surface area (TPSA) is 71.4 Å². The summed E-state index contributed by atoms with van der Waals surface area (Å²) in [5.74, 6) is 0.374. The van der Waals surface area contributed by atoms with Gasteiger partial charge in [-0.05, 0) is 85.4 Å². The van der Waals surface area contributed by atoms with Crippen LogP contribution in [0.2, 0.25) is 0 Å². The van der Waals surface area contributed by atoms with Crippen molar-refractivity contribution in [3.63, 3.8) is 0 Å². The summed E-state index contributed by atoms with van der Waals surface area (Å²) in [7, 11) is 0. The maximum absolute atomic E-state index is 14.7. The normalized spacial score (nSPS) is 48.0. The minimum absolute atomic E-state index is 0.0122. The number of ketones is 2. The number of hydrogen-bond acceptors (Lipinski definition) is 3. The van der Waals surface area contributed by atoms with Gasteiger partial charge in [-0.1, -0.05) is 27.7 Å². The second kappa shape index (κ2) is 7.95. The lowest BCUT2D eigenvalue weighted by Gasteiger charge is -2.61. The predicted octanol–water partition coefficient (Wildman–Crippen LogP) is 5.48. The molecule has 174 valence electrons. The Bertz CT molecular complexity index is 765. The molecule has 4 rings (SSSR count). The Morgan fingerprint density at radius 2 is 1.81 bits per heavy atom. The average molecular weight is 435 g/mol. The number of fused-ring (bicyclic) bond motifs is 5. The van der Waals surface area contributed by atoms with Crippen LogP contribution in [0.5, 0.6) is 0 Å². The number of alkyl halides is 1. The Labute approximate surface area is 185 Å². The Kier molecular flexibility index (Phi) is 5.88. The molecule has 4 aliphatic rings. The average Bonchev–Trinajstić information content (AvgIpc) is 3.06. The summed E-state index contributed by atoms with van der Waals surface area (Å²) in [5, 5.41) is 9.13. The molecule has 4 aliphatic carbocycles. The first-order valence-corrected chi connectivity index (χ1v) is 12.5. The predicted molar refractivity (Wildman–Crippen MR) is 116 cm³/mol. The summed E-state index contributed by atoms with van der Waals surface area (Å²) in [6.07, 6.45) is 4.77. The van der Waals surface area contributed by atoms with E-state index in [1.165, 1.54) is 0 Å². The highest BCUT2D eigenvalue weighted by atomic mass is 19.1. The Hall–Kier alpha value is -1.26. The van der Waals surface area contributed by atoms with E-state index < -0.39 is 12.1 Å². The summed E-state index contributed by atoms with van der Waals surface area (Å²) in [5.41, 5.74) is -0.225. The van der Waals surface area contributed by atoms with Gasteiger partial charge in [0.05, 0.1) is 0 Å². The Morgan fingerprint density at radius 1 is 1.13 bits per heavy atom. The third kappa shape index (κ3) is 3.40. The Balaban J connectivity index is 1.65. The van der Waals surface area contributed by atoms with Crippen molar-refractivity contribution in [1.29, 1.82) is 0 Å². The summed E-state index contributed by atoms with van der Waals surface area (Å²) >= 11 is 0. The largest absolute Gasteiger partial charge is 0.481 e. The second-order valence-electron chi connectivity index (χ2n) is 11.7. The van der Waals surface area contributed by atoms with Crippen molar-refractivity contribution < 1.29 is 23.9 Å². The number of carbonyl (C=O) groups excluding carboxylic acids is 2. The van der Waals surface area contributed by atoms with E-state index >= 15 is 0 Å². The molecule has 0 aliphatic heterocycles. The monoisotopic (exact) mass is 434 g/mol. The molecule has 0 bridgehead atoms. The van der Waals surface area contributed by atoms with Crippen LogP contribution in [0.15, 0.2) is 0 Å². The third-order valence-electron chi connectivity index (χ3n) is 10.5. The number of carboxylic acids is 1. The van der Waals surface area contributed by atoms with Gasteiger partial charge in [-0.2, -0.15) is 0 Å². The first kappa shape index (κ1) is 22.9. The van der Waals surface area contributed by atoms with Gasteiger partial charge in [0.2, 0.25) is 0 Å². The zero-order chi connectivity index (χ0) is 22.7. The first-order chi connectivity index (χ1) is 14.5. The highest BCUT2D eigenvalue weighted by Crippen LogP contribution is 2.68. The van der Waals surface area contributed by atoms with Gasteiger partial charge in [-0.3, -0.25) is 14.4 Å². The lowest BCUT2D eigenvalue weighted by atomic mass is 9.41. The number of rotatable bonds is 5. The smallest absolute Gasteiger partial charge is 0.303 e. The van der Waals surface area contributed by atoms with Crippen LogP contribution in [0, 0.1) is 52.3 Å². The van der Waals surface area contributed by atoms with E-state index in [1.54, 1.807) is 0 Å². The lowest BCUT2D eigenvalue weighted by Crippen LogP contribution is -2.61. The van der Waals surface area contributed by atoms with Gasteiger partial charge < -0.3 is 5.11 Å². The molecule has 0 heterocycles. The lowest BCUT2D eigenvalue weighted by molar-refractivity contribution is -0.174. The molecule has 0 radical (unpaired) electrons. The van der Waals surface area contributed by atoms with Gasteiger partial charge in [-0.15, -0.1) is 0 Å². The van der Waals surface area contributed by atoms with Crippen molar-refractivity contribution in [1.82, 2.24) is 0 Å². The van der Waals surface area contributed by atoms with Crippen molar-refractivity contribution >= 4 is 17.5 Å². The maximum Gasteiger partial charge on any atom is 0.303 e. The van der Waals surface area contributed by atoms with Crippen LogP contribution >= 0.6 is 0 Å². The molecule has 0 aromatic rings. The summed E-state index contributed by atoms with van der Waals surface area (Å²) in [6, 6.07) is 0. The molecule has 10 atom stereocenters. The summed E-state index contributed by atoms with van der Waals surface area (Å²) in [4.78, 5) is 37.2. The molecule has 0 aromatic carbocycles. The maximum atomic E-state index is 14.7. The van der Waals surface area contributed by atoms with Gasteiger partial charge in [0.1, 0.15) is 5.78 Å². The number of aliphatic carboxylic acids is 1. The van der Waals surface area contributed by atoms with Crippen molar-refractivity contribution in [3.8, 4) is 0 Å². The molecule has 4 fully saturated rings. The van der Waals surface area contributed by atoms with Gasteiger partial charge in [0, 0.05) is 24.7 Å². The van der Waals surface area contributed by atoms with E-state index in [0.29, 0.717) is 30.0 Å². The molecule has 0 spiro atoms. The molecule has 0 saturated heterocycles. The highest BCUT2D eigenvalue weighted by molar-refractivity contribution is 5.89. The van der Waals surface area contributed by atoms with Gasteiger partial charge in [0.25, 0.3) is 0 Å². The van der Waals surface area contributed by atoms with E-state index in [2.05, 4.69) is 20.8 Å². The van der Waals surface area contributed by atoms with E-state index in [0.717, 1.165) is 32.1 Å². The van der Waals surface area contributed by atoms with Gasteiger partial charge in [-0.25, -0.2) is 4.39 Å². The number of halogens is 1. The highest BCUT2D eigenvalue weighted by Gasteiger charge is 2.66. The molecule has 0 aromatic heterocycles. The summed E-state index contributed by atoms with van der Waals surface area (Å²) < 4.78 is 14.7. The number of carbonyl (C=O) groups is 3. The van der Waals surface area contributed by atoms with E-state index in [9.17, 15) is 18.8 Å². The number of Topliss-reactive ketones (excluding diaryl/α,β-unsaturated/α-hetero) is 2. The minimum Gasteiger partial charge on any atom is -0.481 e. The fourth-order valence-corrected chi connectivity index (χ4v) is 8.99. The van der Waals surface area contributed by atoms with Crippen molar-refractivity contribution in [2.45, 2.75) is 91.7 Å². The van der Waals surface area contributed by atoms with Crippen LogP contribution in [0.1, 0.15) is 85.5 Å². The molecular formula is C26H39FO4. The standard InChI is InChI=1S/C26H39FO4/c1-5-15-19-12-21(28)20(27)13-26(19,4)18-10-11-25(3)16(14(2)6-9-22(29)30)7-8-17(25)23(18)24(15)31/h14-20,23H,5-13H2,1-4H3,(H,29,30)/t14-,15-,16-,17+,18+,19+,20+,23+,25-,26-/m1/s1. The Morgan fingerprint density at radius 3 is 2.45 bits per heavy atom. The number of carboxylic acid groups (broad SMARTS) is 1. The minimum atomic E-state index is -1.38. The fourth-order valence-electron chi connectivity index (χ4n) is 8.99. The third-order valence-corrected chi connectivity index (χ3v) is 10.5. The van der Waals surface area contributed by atoms with Crippen LogP contribution in [-0.2, 0) is 14.4 Å². The zero-order valence-corrected chi connectivity index (χ0v) is 19.5. The first-order valence-electron chi connectivity index (χ1n) is 12.5. The second-order valence-corrected chi connectivity index (χ2v) is 11.7. The van der Waals surface area contributed by atoms with Gasteiger partial charge >= 0.3 is 5.97 Å². The van der Waals surface area contributed by atoms with Crippen molar-refractivity contribution in [2.75, 3.05) is 0 Å². The van der Waals surface area contributed by atoms with E-state index in [4.69, 9.17) is 5.11 Å². The van der Waals surface area contributed by atoms with Crippen LogP contribution in [0.4, 0.5) is 4.39 Å². The van der Waals surface area contributed by atoms with Crippen LogP contribution in [-0.4, -0.2) is 28.8 Å². The summed E-state index contributed by atoms with van der Waals surface area (Å²) in [6.45, 7) is 8.74. The quantitative estimate of drug-likeness (QED) is 0.622. The zero-order valence-electron chi connectivity index (χ0n) is 19.5. The molecule has 0 unspecified atom stereocenters. The van der Waals surface area contributed by atoms with Crippen LogP contribution in [0.25, 0.3) is 0 Å². The van der Waals surface area contributed by atoms with E-state index in [-0.39, 0.29) is 59.5 Å². The number of hydrogen-bond donors (Lipinski definition) is 1. The molecule has 4 nitrogen and oxygen atoms in total. The molecule has 1 N–H and O–H groups in total. The van der Waals surface area contributed by atoms with Crippen molar-refractivity contribution in [2.24, 2.45) is 52.3 Å². The molecule has 31 heavy (non-hydrogen) atoms. The van der Waals surface area contributed by atoms with Crippen molar-refractivity contribution in [3.05, 3.63) is 0 Å². The molecule has 4 saturated carbocycles. The van der Waals surface area contributed by atoms with Gasteiger partial charge in [0.15, 0.2) is 12.0 Å². The molecule has 0 amide bonds. The fraction of sp³-hybridized carbons (Fsp3) is 0.885. The molecular weight excluding hydrogens is 395 g/mol. The SMILES string of the molecule is CC[C@H]1C(=O)[C@@H]2[C@H](CC[C@]3(C)[C@@H]([C@H](C)CCC(=O)O)CC[C@@H]23)[C@@]2(C)C[C@H](F)C(=O)C[C@@H]12. The van der Waals surface area contributed by atoms with Crippen LogP contribution in [0.3, 0.4) is 0 Å². The molecule has 5 heteroatoms. The van der Waals surface area contributed by atoms with E-state index in [1.807, 2.05) is 6.92 Å². The van der Waals surface area contributed by atoms with Crippen LogP contribution < -0.4 is 0 Å².